The van der Waals surface area contributed by atoms with E-state index in [-0.39, 0.29) is 11.9 Å². The molecule has 0 spiro atoms. The van der Waals surface area contributed by atoms with Crippen LogP contribution in [-0.4, -0.2) is 29.7 Å². The van der Waals surface area contributed by atoms with Gasteiger partial charge in [0.1, 0.15) is 11.2 Å². The van der Waals surface area contributed by atoms with Crippen LogP contribution in [0, 0.1) is 12.3 Å². The van der Waals surface area contributed by atoms with E-state index in [1.165, 1.54) is 4.90 Å². The van der Waals surface area contributed by atoms with Crippen LogP contribution in [0.1, 0.15) is 87.3 Å². The number of nitrogens with zero attached hydrogens (tertiary/aromatic N) is 1. The predicted molar refractivity (Wildman–Crippen MR) is 166 cm³/mol. The second kappa shape index (κ2) is 14.1. The van der Waals surface area contributed by atoms with Crippen molar-refractivity contribution in [3.63, 3.8) is 0 Å². The number of rotatable bonds is 13. The van der Waals surface area contributed by atoms with Crippen molar-refractivity contribution in [1.29, 1.82) is 0 Å². The van der Waals surface area contributed by atoms with Crippen molar-refractivity contribution in [2.75, 3.05) is 6.61 Å². The molecule has 2 unspecified atom stereocenters. The molecule has 0 aromatic heterocycles. The Balaban J connectivity index is 1.57. The van der Waals surface area contributed by atoms with E-state index < -0.39 is 31.4 Å². The molecule has 1 fully saturated rings. The van der Waals surface area contributed by atoms with Crippen LogP contribution in [0.4, 0.5) is 4.79 Å². The quantitative estimate of drug-likeness (QED) is 0.160. The van der Waals surface area contributed by atoms with Gasteiger partial charge in [-0.05, 0) is 55.4 Å². The molecule has 1 aliphatic rings. The maximum Gasteiger partial charge on any atom is 0.521 e. The Morgan fingerprint density at radius 2 is 1.50 bits per heavy atom. The molecule has 4 atom stereocenters. The van der Waals surface area contributed by atoms with Crippen molar-refractivity contribution in [1.82, 2.24) is 10.2 Å². The lowest BCUT2D eigenvalue weighted by molar-refractivity contribution is -0.191. The number of carbonyl (C=O) groups excluding carboxylic acids is 2. The Hall–Kier alpha value is -3.54. The number of benzene rings is 3. The van der Waals surface area contributed by atoms with E-state index in [1.54, 1.807) is 0 Å². The van der Waals surface area contributed by atoms with Gasteiger partial charge in [0.05, 0.1) is 12.6 Å². The minimum Gasteiger partial charge on any atom is -0.469 e. The molecule has 42 heavy (non-hydrogen) atoms. The third-order valence-corrected chi connectivity index (χ3v) is 9.74. The lowest BCUT2D eigenvalue weighted by atomic mass is 9.72. The van der Waals surface area contributed by atoms with Crippen molar-refractivity contribution in [3.05, 3.63) is 101 Å². The summed E-state index contributed by atoms with van der Waals surface area (Å²) in [4.78, 5) is 28.3. The lowest BCUT2D eigenvalue weighted by Gasteiger charge is -2.53. The summed E-state index contributed by atoms with van der Waals surface area (Å²) in [7, 11) is -1.99. The SMILES string of the molecule is CCC[C@@H](NC(=O)N1C(=O)C(CC)(CC)[C@@H]1Oc1ccc(C(c2ccccc2)[P+](=O)OCC)cc1)c1ccc(C)cc1. The van der Waals surface area contributed by atoms with E-state index in [1.807, 2.05) is 107 Å². The fraction of sp³-hybridized carbons (Fsp3) is 0.412. The van der Waals surface area contributed by atoms with Gasteiger partial charge in [-0.15, -0.1) is 4.52 Å². The predicted octanol–water partition coefficient (Wildman–Crippen LogP) is 8.47. The summed E-state index contributed by atoms with van der Waals surface area (Å²) < 4.78 is 25.0. The third kappa shape index (κ3) is 6.43. The monoisotopic (exact) mass is 589 g/mol. The molecule has 7 nitrogen and oxygen atoms in total. The van der Waals surface area contributed by atoms with Crippen LogP contribution in [-0.2, 0) is 13.9 Å². The fourth-order valence-corrected chi connectivity index (χ4v) is 6.89. The molecule has 222 valence electrons. The van der Waals surface area contributed by atoms with Crippen molar-refractivity contribution >= 4 is 20.0 Å². The molecule has 1 aliphatic heterocycles. The first-order valence-electron chi connectivity index (χ1n) is 14.9. The number of carbonyl (C=O) groups is 2. The molecule has 8 heteroatoms. The van der Waals surface area contributed by atoms with Crippen molar-refractivity contribution in [3.8, 4) is 5.75 Å². The summed E-state index contributed by atoms with van der Waals surface area (Å²) in [5.74, 6) is 0.311. The zero-order valence-electron chi connectivity index (χ0n) is 25.2. The van der Waals surface area contributed by atoms with Gasteiger partial charge in [-0.1, -0.05) is 99.5 Å². The summed E-state index contributed by atoms with van der Waals surface area (Å²) in [5, 5.41) is 3.09. The summed E-state index contributed by atoms with van der Waals surface area (Å²) in [6.07, 6.45) is 2.00. The molecular formula is C34H42N2O5P+. The van der Waals surface area contributed by atoms with Crippen LogP contribution in [0.5, 0.6) is 5.75 Å². The van der Waals surface area contributed by atoms with Gasteiger partial charge in [0, 0.05) is 11.1 Å². The highest BCUT2D eigenvalue weighted by molar-refractivity contribution is 7.40. The van der Waals surface area contributed by atoms with Crippen LogP contribution in [0.15, 0.2) is 78.9 Å². The number of hydrogen-bond acceptors (Lipinski definition) is 5. The lowest BCUT2D eigenvalue weighted by Crippen LogP contribution is -2.73. The number of aryl methyl sites for hydroxylation is 1. The molecule has 0 aliphatic carbocycles. The molecule has 0 bridgehead atoms. The highest BCUT2D eigenvalue weighted by Crippen LogP contribution is 2.48. The molecule has 3 aromatic rings. The van der Waals surface area contributed by atoms with Gasteiger partial charge in [0.25, 0.3) is 0 Å². The summed E-state index contributed by atoms with van der Waals surface area (Å²) in [5.41, 5.74) is 2.68. The maximum absolute atomic E-state index is 13.6. The Labute approximate surface area is 250 Å². The molecule has 4 rings (SSSR count). The summed E-state index contributed by atoms with van der Waals surface area (Å²) >= 11 is 0. The molecule has 1 heterocycles. The van der Waals surface area contributed by atoms with E-state index in [0.717, 1.165) is 35.1 Å². The smallest absolute Gasteiger partial charge is 0.469 e. The van der Waals surface area contributed by atoms with E-state index in [9.17, 15) is 14.2 Å². The molecule has 0 radical (unpaired) electrons. The number of hydrogen-bond donors (Lipinski definition) is 1. The second-order valence-electron chi connectivity index (χ2n) is 10.8. The standard InChI is InChI=1S/C34H41N2O5P/c1-6-13-29(25-18-16-24(5)17-19-25)35-33(38)36-31(37)34(7-2,8-3)32(36)41-28-22-20-27(21-23-28)30(42(39)40-9-4)26-14-11-10-12-15-26/h10-12,14-23,29-30,32H,6-9,13H2,1-5H3/p+1/t29-,30?,32+/m1/s1. The number of nitrogens with one attached hydrogen (secondary N) is 1. The Bertz CT molecular complexity index is 1360. The van der Waals surface area contributed by atoms with Crippen LogP contribution in [0.25, 0.3) is 0 Å². The first-order chi connectivity index (χ1) is 20.3. The minimum atomic E-state index is -1.99. The highest BCUT2D eigenvalue weighted by Gasteiger charge is 2.63. The minimum absolute atomic E-state index is 0.212. The normalized spacial score (nSPS) is 17.6. The zero-order chi connectivity index (χ0) is 30.3. The Kier molecular flexibility index (Phi) is 10.5. The first kappa shape index (κ1) is 31.4. The number of likely N-dealkylation sites (tertiary alicyclic amines) is 1. The number of amides is 3. The Morgan fingerprint density at radius 1 is 0.905 bits per heavy atom. The first-order valence-corrected chi connectivity index (χ1v) is 16.2. The fourth-order valence-electron chi connectivity index (χ4n) is 5.66. The molecule has 3 amide bonds. The van der Waals surface area contributed by atoms with Gasteiger partial charge < -0.3 is 10.1 Å². The van der Waals surface area contributed by atoms with Crippen molar-refractivity contribution in [2.24, 2.45) is 5.41 Å². The number of urea groups is 1. The molecule has 1 N–H and O–H groups in total. The largest absolute Gasteiger partial charge is 0.521 e. The topological polar surface area (TPSA) is 84.9 Å². The van der Waals surface area contributed by atoms with E-state index in [0.29, 0.717) is 25.2 Å². The maximum atomic E-state index is 13.6. The number of β-lactam (4-membered cyclic amide) rings is 1. The summed E-state index contributed by atoms with van der Waals surface area (Å²) in [6.45, 7) is 10.2. The van der Waals surface area contributed by atoms with Crippen LogP contribution >= 0.6 is 8.03 Å². The molecule has 0 saturated carbocycles. The van der Waals surface area contributed by atoms with E-state index >= 15 is 0 Å². The van der Waals surface area contributed by atoms with E-state index in [2.05, 4.69) is 12.2 Å². The molecule has 3 aromatic carbocycles. The van der Waals surface area contributed by atoms with Crippen molar-refractivity contribution < 1.29 is 23.4 Å². The van der Waals surface area contributed by atoms with Gasteiger partial charge in [-0.3, -0.25) is 4.79 Å². The van der Waals surface area contributed by atoms with Gasteiger partial charge in [0.15, 0.2) is 6.23 Å². The third-order valence-electron chi connectivity index (χ3n) is 8.21. The van der Waals surface area contributed by atoms with Gasteiger partial charge in [-0.2, -0.15) is 0 Å². The van der Waals surface area contributed by atoms with Gasteiger partial charge >= 0.3 is 14.1 Å². The van der Waals surface area contributed by atoms with E-state index in [4.69, 9.17) is 9.26 Å². The highest BCUT2D eigenvalue weighted by atomic mass is 31.1. The summed E-state index contributed by atoms with van der Waals surface area (Å²) in [6, 6.07) is 24.4. The van der Waals surface area contributed by atoms with Gasteiger partial charge in [-0.25, -0.2) is 9.69 Å². The average molecular weight is 590 g/mol. The zero-order valence-corrected chi connectivity index (χ0v) is 26.1. The van der Waals surface area contributed by atoms with Crippen LogP contribution in [0.2, 0.25) is 0 Å². The molecular weight excluding hydrogens is 547 g/mol. The Morgan fingerprint density at radius 3 is 2.07 bits per heavy atom. The molecule has 1 saturated heterocycles. The number of ether oxygens (including phenoxy) is 1. The van der Waals surface area contributed by atoms with Crippen molar-refractivity contribution in [2.45, 2.75) is 78.2 Å². The second-order valence-corrected chi connectivity index (χ2v) is 12.1. The number of imide groups is 1. The average Bonchev–Trinajstić information content (AvgIpc) is 2.99. The van der Waals surface area contributed by atoms with Gasteiger partial charge in [0.2, 0.25) is 11.6 Å². The van der Waals surface area contributed by atoms with Crippen LogP contribution < -0.4 is 10.1 Å². The van der Waals surface area contributed by atoms with Crippen LogP contribution in [0.3, 0.4) is 0 Å².